The van der Waals surface area contributed by atoms with Gasteiger partial charge in [0.1, 0.15) is 0 Å². The van der Waals surface area contributed by atoms with Crippen molar-refractivity contribution in [3.8, 4) is 0 Å². The van der Waals surface area contributed by atoms with E-state index >= 15 is 0 Å². The normalized spacial score (nSPS) is 17.2. The first-order valence-corrected chi connectivity index (χ1v) is 5.15. The van der Waals surface area contributed by atoms with E-state index in [1.54, 1.807) is 0 Å². The van der Waals surface area contributed by atoms with Gasteiger partial charge >= 0.3 is 6.18 Å². The van der Waals surface area contributed by atoms with E-state index in [1.807, 2.05) is 0 Å². The number of hydrogen-bond donors (Lipinski definition) is 1. The highest BCUT2D eigenvalue weighted by atomic mass is 19.4. The monoisotopic (exact) mass is 231 g/mol. The molecule has 0 unspecified atom stereocenters. The molecule has 6 heteroatoms. The van der Waals surface area contributed by atoms with Crippen molar-refractivity contribution in [2.75, 3.05) is 5.73 Å². The molecule has 0 aromatic carbocycles. The van der Waals surface area contributed by atoms with Crippen LogP contribution in [-0.4, -0.2) is 9.97 Å². The SMILES string of the molecule is Nc1ncc(C(F)(F)F)c(CC2CCC2)n1. The van der Waals surface area contributed by atoms with Crippen molar-refractivity contribution in [1.29, 1.82) is 0 Å². The van der Waals surface area contributed by atoms with E-state index in [0.717, 1.165) is 25.5 Å². The topological polar surface area (TPSA) is 51.8 Å². The number of alkyl halides is 3. The molecule has 16 heavy (non-hydrogen) atoms. The molecule has 1 saturated carbocycles. The minimum Gasteiger partial charge on any atom is -0.368 e. The number of hydrogen-bond acceptors (Lipinski definition) is 3. The molecule has 0 amide bonds. The van der Waals surface area contributed by atoms with E-state index in [9.17, 15) is 13.2 Å². The second kappa shape index (κ2) is 3.92. The predicted octanol–water partition coefficient (Wildman–Crippen LogP) is 2.42. The molecule has 1 aliphatic rings. The zero-order valence-electron chi connectivity index (χ0n) is 8.59. The Labute approximate surface area is 90.9 Å². The molecule has 0 radical (unpaired) electrons. The first-order chi connectivity index (χ1) is 7.47. The lowest BCUT2D eigenvalue weighted by Crippen LogP contribution is -2.19. The van der Waals surface area contributed by atoms with Gasteiger partial charge in [0.2, 0.25) is 5.95 Å². The molecule has 2 rings (SSSR count). The van der Waals surface area contributed by atoms with E-state index in [2.05, 4.69) is 9.97 Å². The van der Waals surface area contributed by atoms with Gasteiger partial charge in [-0.1, -0.05) is 19.3 Å². The highest BCUT2D eigenvalue weighted by Gasteiger charge is 2.35. The number of nitrogens with two attached hydrogens (primary N) is 1. The summed E-state index contributed by atoms with van der Waals surface area (Å²) >= 11 is 0. The molecule has 1 fully saturated rings. The van der Waals surface area contributed by atoms with E-state index < -0.39 is 11.7 Å². The van der Waals surface area contributed by atoms with Crippen molar-refractivity contribution >= 4 is 5.95 Å². The summed E-state index contributed by atoms with van der Waals surface area (Å²) in [6.07, 6.45) is -0.236. The van der Waals surface area contributed by atoms with Gasteiger partial charge in [0, 0.05) is 6.20 Å². The third-order valence-electron chi connectivity index (χ3n) is 2.90. The van der Waals surface area contributed by atoms with Crippen LogP contribution in [0.5, 0.6) is 0 Å². The van der Waals surface area contributed by atoms with Crippen molar-refractivity contribution in [3.63, 3.8) is 0 Å². The first-order valence-electron chi connectivity index (χ1n) is 5.15. The molecule has 1 aromatic rings. The van der Waals surface area contributed by atoms with Gasteiger partial charge in [0.25, 0.3) is 0 Å². The maximum absolute atomic E-state index is 12.6. The number of aromatic nitrogens is 2. The van der Waals surface area contributed by atoms with E-state index in [1.165, 1.54) is 0 Å². The average Bonchev–Trinajstić information content (AvgIpc) is 2.09. The lowest BCUT2D eigenvalue weighted by Gasteiger charge is -2.25. The molecule has 3 nitrogen and oxygen atoms in total. The molecule has 1 aliphatic carbocycles. The van der Waals surface area contributed by atoms with Crippen molar-refractivity contribution in [2.24, 2.45) is 5.92 Å². The second-order valence-corrected chi connectivity index (χ2v) is 4.09. The summed E-state index contributed by atoms with van der Waals surface area (Å²) in [7, 11) is 0. The van der Waals surface area contributed by atoms with Gasteiger partial charge in [0.05, 0.1) is 11.3 Å². The second-order valence-electron chi connectivity index (χ2n) is 4.09. The first kappa shape index (κ1) is 11.2. The highest BCUT2D eigenvalue weighted by Crippen LogP contribution is 2.35. The lowest BCUT2D eigenvalue weighted by molar-refractivity contribution is -0.138. The zero-order valence-corrected chi connectivity index (χ0v) is 8.59. The molecule has 2 N–H and O–H groups in total. The van der Waals surface area contributed by atoms with E-state index in [0.29, 0.717) is 12.3 Å². The van der Waals surface area contributed by atoms with Crippen LogP contribution in [0.3, 0.4) is 0 Å². The van der Waals surface area contributed by atoms with Crippen molar-refractivity contribution in [2.45, 2.75) is 31.9 Å². The maximum Gasteiger partial charge on any atom is 0.419 e. The summed E-state index contributed by atoms with van der Waals surface area (Å²) in [6, 6.07) is 0. The van der Waals surface area contributed by atoms with Gasteiger partial charge in [-0.25, -0.2) is 9.97 Å². The van der Waals surface area contributed by atoms with E-state index in [-0.39, 0.29) is 11.6 Å². The van der Waals surface area contributed by atoms with Gasteiger partial charge in [-0.3, -0.25) is 0 Å². The molecular formula is C10H12F3N3. The fourth-order valence-corrected chi connectivity index (χ4v) is 1.80. The number of nitrogen functional groups attached to an aromatic ring is 1. The molecule has 0 bridgehead atoms. The van der Waals surface area contributed by atoms with Gasteiger partial charge in [0.15, 0.2) is 0 Å². The fourth-order valence-electron chi connectivity index (χ4n) is 1.80. The van der Waals surface area contributed by atoms with Crippen LogP contribution in [0.2, 0.25) is 0 Å². The Bertz CT molecular complexity index is 385. The lowest BCUT2D eigenvalue weighted by atomic mass is 9.81. The Morgan fingerprint density at radius 2 is 2.06 bits per heavy atom. The summed E-state index contributed by atoms with van der Waals surface area (Å²) in [4.78, 5) is 7.11. The minimum atomic E-state index is -4.40. The Balaban J connectivity index is 2.28. The highest BCUT2D eigenvalue weighted by molar-refractivity contribution is 5.27. The minimum absolute atomic E-state index is 0.0321. The largest absolute Gasteiger partial charge is 0.419 e. The van der Waals surface area contributed by atoms with Crippen LogP contribution in [0.1, 0.15) is 30.5 Å². The summed E-state index contributed by atoms with van der Waals surface area (Å²) in [5, 5.41) is 0. The maximum atomic E-state index is 12.6. The molecule has 0 spiro atoms. The number of anilines is 1. The third-order valence-corrected chi connectivity index (χ3v) is 2.90. The number of halogens is 3. The Morgan fingerprint density at radius 1 is 1.38 bits per heavy atom. The molecule has 0 saturated heterocycles. The summed E-state index contributed by atoms with van der Waals surface area (Å²) < 4.78 is 37.9. The Kier molecular flexibility index (Phi) is 2.73. The zero-order chi connectivity index (χ0) is 11.8. The molecule has 0 aliphatic heterocycles. The fraction of sp³-hybridized carbons (Fsp3) is 0.600. The molecule has 88 valence electrons. The Hall–Kier alpha value is -1.33. The van der Waals surface area contributed by atoms with Crippen LogP contribution in [0.15, 0.2) is 6.20 Å². The van der Waals surface area contributed by atoms with E-state index in [4.69, 9.17) is 5.73 Å². The standard InChI is InChI=1S/C10H12F3N3/c11-10(12,13)7-5-15-9(14)16-8(7)4-6-2-1-3-6/h5-6H,1-4H2,(H2,14,15,16). The van der Waals surface area contributed by atoms with Gasteiger partial charge in [-0.15, -0.1) is 0 Å². The Morgan fingerprint density at radius 3 is 2.56 bits per heavy atom. The molecular weight excluding hydrogens is 219 g/mol. The quantitative estimate of drug-likeness (QED) is 0.850. The van der Waals surface area contributed by atoms with Gasteiger partial charge < -0.3 is 5.73 Å². The van der Waals surface area contributed by atoms with Crippen LogP contribution in [0.4, 0.5) is 19.1 Å². The molecule has 1 aromatic heterocycles. The van der Waals surface area contributed by atoms with Crippen LogP contribution in [-0.2, 0) is 12.6 Å². The number of nitrogens with zero attached hydrogens (tertiary/aromatic N) is 2. The average molecular weight is 231 g/mol. The predicted molar refractivity (Wildman–Crippen MR) is 52.5 cm³/mol. The smallest absolute Gasteiger partial charge is 0.368 e. The molecule has 1 heterocycles. The number of rotatable bonds is 2. The molecule has 0 atom stereocenters. The van der Waals surface area contributed by atoms with Crippen molar-refractivity contribution in [3.05, 3.63) is 17.5 Å². The third kappa shape index (κ3) is 2.25. The van der Waals surface area contributed by atoms with Crippen molar-refractivity contribution in [1.82, 2.24) is 9.97 Å². The summed E-state index contributed by atoms with van der Waals surface area (Å²) in [6.45, 7) is 0. The summed E-state index contributed by atoms with van der Waals surface area (Å²) in [5.74, 6) is 0.220. The van der Waals surface area contributed by atoms with Crippen LogP contribution in [0.25, 0.3) is 0 Å². The van der Waals surface area contributed by atoms with Gasteiger partial charge in [-0.2, -0.15) is 13.2 Å². The van der Waals surface area contributed by atoms with Gasteiger partial charge in [-0.05, 0) is 12.3 Å². The van der Waals surface area contributed by atoms with Crippen molar-refractivity contribution < 1.29 is 13.2 Å². The van der Waals surface area contributed by atoms with Crippen LogP contribution < -0.4 is 5.73 Å². The van der Waals surface area contributed by atoms with Crippen LogP contribution in [0, 0.1) is 5.92 Å². The summed E-state index contributed by atoms with van der Waals surface area (Å²) in [5.41, 5.74) is 4.59. The van der Waals surface area contributed by atoms with Crippen LogP contribution >= 0.6 is 0 Å².